The minimum Gasteiger partial charge on any atom is -0.354 e. The molecule has 3 heterocycles. The number of nitrogens with one attached hydrogen (secondary N) is 2. The van der Waals surface area contributed by atoms with Crippen LogP contribution >= 0.6 is 24.0 Å². The number of likely N-dealkylation sites (N-methyl/N-ethyl adjacent to an activating group) is 1. The lowest BCUT2D eigenvalue weighted by Crippen LogP contribution is -2.44. The Morgan fingerprint density at radius 2 is 1.82 bits per heavy atom. The van der Waals surface area contributed by atoms with Gasteiger partial charge in [0.05, 0.1) is 18.4 Å². The fourth-order valence-corrected chi connectivity index (χ4v) is 3.82. The minimum absolute atomic E-state index is 0. The van der Waals surface area contributed by atoms with Gasteiger partial charge in [0.25, 0.3) is 0 Å². The summed E-state index contributed by atoms with van der Waals surface area (Å²) in [6.07, 6.45) is 3.83. The largest absolute Gasteiger partial charge is 0.354 e. The van der Waals surface area contributed by atoms with Crippen molar-refractivity contribution < 1.29 is 0 Å². The summed E-state index contributed by atoms with van der Waals surface area (Å²) < 4.78 is 0. The summed E-state index contributed by atoms with van der Waals surface area (Å²) in [7, 11) is 5.97. The van der Waals surface area contributed by atoms with Crippen molar-refractivity contribution >= 4 is 35.8 Å². The van der Waals surface area contributed by atoms with Crippen LogP contribution in [0.1, 0.15) is 11.4 Å². The number of hydrogen-bond donors (Lipinski definition) is 2. The molecule has 0 aliphatic carbocycles. The van der Waals surface area contributed by atoms with Crippen LogP contribution in [0.2, 0.25) is 0 Å². The van der Waals surface area contributed by atoms with E-state index in [9.17, 15) is 0 Å². The normalized spacial score (nSPS) is 14.6. The van der Waals surface area contributed by atoms with Crippen molar-refractivity contribution in [2.24, 2.45) is 4.99 Å². The maximum Gasteiger partial charge on any atom is 0.194 e. The zero-order valence-electron chi connectivity index (χ0n) is 19.5. The molecule has 1 aliphatic heterocycles. The fraction of sp³-hybridized carbons (Fsp3) is 0.375. The van der Waals surface area contributed by atoms with Gasteiger partial charge in [-0.2, -0.15) is 0 Å². The molecule has 1 fully saturated rings. The summed E-state index contributed by atoms with van der Waals surface area (Å²) >= 11 is 0. The number of benzene rings is 1. The third-order valence-corrected chi connectivity index (χ3v) is 5.76. The van der Waals surface area contributed by atoms with Crippen LogP contribution in [0.25, 0.3) is 11.3 Å². The predicted molar refractivity (Wildman–Crippen MR) is 145 cm³/mol. The van der Waals surface area contributed by atoms with E-state index in [0.717, 1.165) is 60.6 Å². The van der Waals surface area contributed by atoms with Crippen LogP contribution in [-0.2, 0) is 13.1 Å². The van der Waals surface area contributed by atoms with Crippen molar-refractivity contribution in [3.05, 3.63) is 66.2 Å². The number of guanidine groups is 1. The highest BCUT2D eigenvalue weighted by Gasteiger charge is 2.15. The molecule has 1 saturated heterocycles. The van der Waals surface area contributed by atoms with Crippen LogP contribution in [0.3, 0.4) is 0 Å². The van der Waals surface area contributed by atoms with Crippen molar-refractivity contribution in [3.8, 4) is 11.3 Å². The number of hydrogen-bond acceptors (Lipinski definition) is 5. The van der Waals surface area contributed by atoms with Crippen LogP contribution in [0.4, 0.5) is 5.82 Å². The fourth-order valence-electron chi connectivity index (χ4n) is 3.82. The lowest BCUT2D eigenvalue weighted by atomic mass is 10.2. The maximum absolute atomic E-state index is 4.67. The number of aliphatic imine (C=N–C) groups is 1. The molecule has 8 nitrogen and oxygen atoms in total. The molecular formula is C24H33IN8. The Morgan fingerprint density at radius 3 is 2.48 bits per heavy atom. The van der Waals surface area contributed by atoms with Crippen LogP contribution < -0.4 is 10.2 Å². The van der Waals surface area contributed by atoms with Gasteiger partial charge in [0.15, 0.2) is 5.96 Å². The highest BCUT2D eigenvalue weighted by Crippen LogP contribution is 2.17. The maximum atomic E-state index is 4.67. The lowest BCUT2D eigenvalue weighted by Gasteiger charge is -2.33. The molecule has 33 heavy (non-hydrogen) atoms. The molecule has 3 aromatic rings. The number of imidazole rings is 1. The SMILES string of the molecule is CN=C(NCc1ccc(N2CCN(C)CC2)nc1)N(C)Cc1ncc(-c2ccccc2)[nH]1.I. The van der Waals surface area contributed by atoms with Gasteiger partial charge in [0.1, 0.15) is 11.6 Å². The Balaban J connectivity index is 0.00000306. The van der Waals surface area contributed by atoms with E-state index in [1.807, 2.05) is 37.6 Å². The Hall–Kier alpha value is -2.66. The number of aromatic amines is 1. The van der Waals surface area contributed by atoms with Gasteiger partial charge in [-0.1, -0.05) is 36.4 Å². The standard InChI is InChI=1S/C24H32N8.HI/c1-25-24(31(3)18-22-26-17-21(29-22)20-7-5-4-6-8-20)28-16-19-9-10-23(27-15-19)32-13-11-30(2)12-14-32;/h4-10,15,17H,11-14,16,18H2,1-3H3,(H,25,28)(H,26,29);1H. The molecule has 9 heteroatoms. The van der Waals surface area contributed by atoms with Crippen molar-refractivity contribution in [2.75, 3.05) is 52.2 Å². The molecule has 0 unspecified atom stereocenters. The quantitative estimate of drug-likeness (QED) is 0.274. The van der Waals surface area contributed by atoms with E-state index in [-0.39, 0.29) is 24.0 Å². The predicted octanol–water partition coefficient (Wildman–Crippen LogP) is 3.05. The summed E-state index contributed by atoms with van der Waals surface area (Å²) in [5, 5.41) is 3.42. The zero-order chi connectivity index (χ0) is 22.3. The molecule has 1 aromatic carbocycles. The molecule has 2 aromatic heterocycles. The first-order chi connectivity index (χ1) is 15.6. The first-order valence-corrected chi connectivity index (χ1v) is 11.0. The van der Waals surface area contributed by atoms with Crippen LogP contribution in [0.15, 0.2) is 59.9 Å². The first kappa shape index (κ1) is 25.0. The second-order valence-electron chi connectivity index (χ2n) is 8.18. The molecule has 1 aliphatic rings. The highest BCUT2D eigenvalue weighted by atomic mass is 127. The Morgan fingerprint density at radius 1 is 1.06 bits per heavy atom. The van der Waals surface area contributed by atoms with E-state index in [1.54, 1.807) is 7.05 Å². The van der Waals surface area contributed by atoms with Gasteiger partial charge in [0, 0.05) is 53.0 Å². The highest BCUT2D eigenvalue weighted by molar-refractivity contribution is 14.0. The van der Waals surface area contributed by atoms with Crippen molar-refractivity contribution in [1.29, 1.82) is 0 Å². The smallest absolute Gasteiger partial charge is 0.194 e. The van der Waals surface area contributed by atoms with Crippen LogP contribution in [0, 0.1) is 0 Å². The second kappa shape index (κ2) is 12.0. The number of rotatable bonds is 6. The molecule has 4 rings (SSSR count). The molecule has 0 spiro atoms. The Labute approximate surface area is 213 Å². The number of halogens is 1. The van der Waals surface area contributed by atoms with Crippen molar-refractivity contribution in [2.45, 2.75) is 13.1 Å². The molecule has 0 amide bonds. The first-order valence-electron chi connectivity index (χ1n) is 11.0. The van der Waals surface area contributed by atoms with E-state index in [2.05, 4.69) is 71.3 Å². The summed E-state index contributed by atoms with van der Waals surface area (Å²) in [6, 6.07) is 14.5. The Bertz CT molecular complexity index is 1010. The molecule has 0 bridgehead atoms. The van der Waals surface area contributed by atoms with Gasteiger partial charge in [0.2, 0.25) is 0 Å². The van der Waals surface area contributed by atoms with Gasteiger partial charge < -0.3 is 25.0 Å². The third-order valence-electron chi connectivity index (χ3n) is 5.76. The van der Waals surface area contributed by atoms with Gasteiger partial charge >= 0.3 is 0 Å². The van der Waals surface area contributed by atoms with E-state index in [1.165, 1.54) is 0 Å². The number of aromatic nitrogens is 3. The van der Waals surface area contributed by atoms with Gasteiger partial charge in [-0.25, -0.2) is 9.97 Å². The number of piperazine rings is 1. The molecule has 0 radical (unpaired) electrons. The monoisotopic (exact) mass is 560 g/mol. The second-order valence-corrected chi connectivity index (χ2v) is 8.18. The summed E-state index contributed by atoms with van der Waals surface area (Å²) in [4.78, 5) is 23.8. The topological polar surface area (TPSA) is 75.7 Å². The summed E-state index contributed by atoms with van der Waals surface area (Å²) in [6.45, 7) is 5.51. The van der Waals surface area contributed by atoms with Crippen molar-refractivity contribution in [1.82, 2.24) is 30.1 Å². The van der Waals surface area contributed by atoms with E-state index < -0.39 is 0 Å². The van der Waals surface area contributed by atoms with Crippen LogP contribution in [-0.4, -0.2) is 78.0 Å². The van der Waals surface area contributed by atoms with E-state index in [4.69, 9.17) is 0 Å². The third kappa shape index (κ3) is 6.67. The summed E-state index contributed by atoms with van der Waals surface area (Å²) in [5.41, 5.74) is 3.27. The van der Waals surface area contributed by atoms with Gasteiger partial charge in [-0.15, -0.1) is 24.0 Å². The van der Waals surface area contributed by atoms with Crippen LogP contribution in [0.5, 0.6) is 0 Å². The molecule has 0 atom stereocenters. The molecule has 176 valence electrons. The molecule has 2 N–H and O–H groups in total. The number of H-pyrrole nitrogens is 1. The number of pyridine rings is 1. The number of anilines is 1. The Kier molecular flexibility index (Phi) is 9.07. The van der Waals surface area contributed by atoms with Gasteiger partial charge in [-0.3, -0.25) is 4.99 Å². The summed E-state index contributed by atoms with van der Waals surface area (Å²) in [5.74, 6) is 2.76. The average molecular weight is 560 g/mol. The average Bonchev–Trinajstić information content (AvgIpc) is 3.29. The molecule has 0 saturated carbocycles. The zero-order valence-corrected chi connectivity index (χ0v) is 21.9. The number of nitrogens with zero attached hydrogens (tertiary/aromatic N) is 6. The minimum atomic E-state index is 0. The van der Waals surface area contributed by atoms with E-state index in [0.29, 0.717) is 13.1 Å². The lowest BCUT2D eigenvalue weighted by molar-refractivity contribution is 0.312. The molecular weight excluding hydrogens is 527 g/mol. The van der Waals surface area contributed by atoms with Gasteiger partial charge in [-0.05, 0) is 24.2 Å². The van der Waals surface area contributed by atoms with Crippen molar-refractivity contribution in [3.63, 3.8) is 0 Å². The van der Waals surface area contributed by atoms with E-state index >= 15 is 0 Å².